The lowest BCUT2D eigenvalue weighted by atomic mass is 10.0. The number of rotatable bonds is 11. The molecule has 4 rings (SSSR count). The summed E-state index contributed by atoms with van der Waals surface area (Å²) in [5.41, 5.74) is 7.14. The first-order chi connectivity index (χ1) is 17.5. The zero-order valence-electron chi connectivity index (χ0n) is 19.8. The van der Waals surface area contributed by atoms with Gasteiger partial charge < -0.3 is 25.3 Å². The maximum atomic E-state index is 12.8. The fourth-order valence-corrected chi connectivity index (χ4v) is 3.46. The molecule has 1 atom stereocenters. The summed E-state index contributed by atoms with van der Waals surface area (Å²) in [6.45, 7) is 0.776. The van der Waals surface area contributed by atoms with Crippen molar-refractivity contribution < 1.29 is 14.2 Å². The van der Waals surface area contributed by atoms with Crippen molar-refractivity contribution in [3.05, 3.63) is 88.2 Å². The van der Waals surface area contributed by atoms with Crippen LogP contribution < -0.4 is 26.2 Å². The van der Waals surface area contributed by atoms with Crippen molar-refractivity contribution in [2.45, 2.75) is 6.04 Å². The summed E-state index contributed by atoms with van der Waals surface area (Å²) in [5, 5.41) is 23.3. The van der Waals surface area contributed by atoms with Gasteiger partial charge in [-0.05, 0) is 54.1 Å². The number of H-pyrrole nitrogens is 1. The van der Waals surface area contributed by atoms with E-state index in [1.165, 1.54) is 6.20 Å². The lowest BCUT2D eigenvalue weighted by Crippen LogP contribution is -2.17. The first kappa shape index (κ1) is 24.4. The van der Waals surface area contributed by atoms with Crippen LogP contribution >= 0.6 is 0 Å². The van der Waals surface area contributed by atoms with Crippen molar-refractivity contribution in [3.63, 3.8) is 0 Å². The second-order valence-electron chi connectivity index (χ2n) is 7.66. The normalized spacial score (nSPS) is 11.6. The molecule has 0 unspecified atom stereocenters. The van der Waals surface area contributed by atoms with Gasteiger partial charge in [0.1, 0.15) is 30.0 Å². The van der Waals surface area contributed by atoms with Crippen molar-refractivity contribution in [1.29, 1.82) is 5.41 Å². The molecule has 0 fully saturated rings. The number of nitrogens with two attached hydrogens (primary N) is 1. The molecule has 36 heavy (non-hydrogen) atoms. The van der Waals surface area contributed by atoms with Crippen molar-refractivity contribution in [1.82, 2.24) is 25.0 Å². The average molecular weight is 491 g/mol. The fraction of sp³-hybridized carbons (Fsp3) is 0.208. The Hall–Kier alpha value is -4.71. The van der Waals surface area contributed by atoms with Crippen molar-refractivity contribution in [3.8, 4) is 17.3 Å². The van der Waals surface area contributed by atoms with E-state index in [0.717, 1.165) is 10.2 Å². The largest absolute Gasteiger partial charge is 0.497 e. The molecule has 12 heteroatoms. The Kier molecular flexibility index (Phi) is 7.56. The van der Waals surface area contributed by atoms with Gasteiger partial charge in [-0.2, -0.15) is 9.78 Å². The molecule has 0 amide bonds. The van der Waals surface area contributed by atoms with Crippen LogP contribution in [-0.4, -0.2) is 58.2 Å². The van der Waals surface area contributed by atoms with E-state index in [4.69, 9.17) is 25.4 Å². The summed E-state index contributed by atoms with van der Waals surface area (Å²) in [7, 11) is 3.16. The predicted octanol–water partition coefficient (Wildman–Crippen LogP) is 1.87. The lowest BCUT2D eigenvalue weighted by molar-refractivity contribution is 0.146. The number of methoxy groups -OCH3 is 2. The van der Waals surface area contributed by atoms with Crippen LogP contribution in [0, 0.1) is 5.41 Å². The highest BCUT2D eigenvalue weighted by molar-refractivity contribution is 5.95. The molecule has 0 spiro atoms. The Morgan fingerprint density at radius 1 is 1.14 bits per heavy atom. The van der Waals surface area contributed by atoms with E-state index in [2.05, 4.69) is 25.6 Å². The summed E-state index contributed by atoms with van der Waals surface area (Å²) >= 11 is 0. The number of nitrogens with one attached hydrogen (secondary N) is 3. The van der Waals surface area contributed by atoms with Crippen molar-refractivity contribution in [2.75, 3.05) is 32.8 Å². The van der Waals surface area contributed by atoms with Gasteiger partial charge in [-0.3, -0.25) is 10.4 Å². The quantitative estimate of drug-likeness (QED) is 0.139. The highest BCUT2D eigenvalue weighted by atomic mass is 16.5. The molecule has 0 aliphatic rings. The van der Waals surface area contributed by atoms with E-state index in [9.17, 15) is 4.79 Å². The zero-order chi connectivity index (χ0) is 25.5. The van der Waals surface area contributed by atoms with Crippen LogP contribution in [-0.2, 0) is 4.74 Å². The van der Waals surface area contributed by atoms with E-state index < -0.39 is 11.7 Å². The van der Waals surface area contributed by atoms with Gasteiger partial charge in [-0.25, -0.2) is 4.79 Å². The first-order valence-corrected chi connectivity index (χ1v) is 11.0. The standard InChI is InChI=1S/C24H26N8O4/c1-34-10-11-36-19-13-16(12-18(14-19)35-2)21(28-17-7-5-15(6-8-17)22(25)26)23-29-24(33)32(31-23)20-4-3-9-27-30-20/h3-9,12-14,21,28H,10-11H2,1-2H3,(H3,25,26)(H,29,31,33)/t21-/m0/s1. The molecular weight excluding hydrogens is 464 g/mol. The van der Waals surface area contributed by atoms with Crippen LogP contribution in [0.3, 0.4) is 0 Å². The summed E-state index contributed by atoms with van der Waals surface area (Å²) in [5.74, 6) is 1.71. The molecule has 0 aliphatic heterocycles. The third-order valence-electron chi connectivity index (χ3n) is 5.22. The van der Waals surface area contributed by atoms with Gasteiger partial charge in [0.05, 0.1) is 13.7 Å². The topological polar surface area (TPSA) is 166 Å². The van der Waals surface area contributed by atoms with E-state index >= 15 is 0 Å². The Bertz CT molecular complexity index is 1370. The number of amidine groups is 1. The van der Waals surface area contributed by atoms with Gasteiger partial charge in [0.2, 0.25) is 0 Å². The minimum Gasteiger partial charge on any atom is -0.497 e. The molecule has 0 saturated carbocycles. The number of benzene rings is 2. The number of aromatic nitrogens is 5. The molecule has 2 aromatic heterocycles. The van der Waals surface area contributed by atoms with Gasteiger partial charge in [-0.1, -0.05) is 0 Å². The third kappa shape index (κ3) is 5.67. The molecule has 5 N–H and O–H groups in total. The van der Waals surface area contributed by atoms with Crippen LogP contribution in [0.25, 0.3) is 5.82 Å². The highest BCUT2D eigenvalue weighted by Gasteiger charge is 2.22. The lowest BCUT2D eigenvalue weighted by Gasteiger charge is -2.20. The minimum absolute atomic E-state index is 0.0317. The van der Waals surface area contributed by atoms with Gasteiger partial charge in [0.25, 0.3) is 0 Å². The monoisotopic (exact) mass is 490 g/mol. The molecule has 0 aliphatic carbocycles. The number of aromatic amines is 1. The predicted molar refractivity (Wildman–Crippen MR) is 133 cm³/mol. The molecule has 4 aromatic rings. The van der Waals surface area contributed by atoms with Crippen molar-refractivity contribution in [2.24, 2.45) is 5.73 Å². The summed E-state index contributed by atoms with van der Waals surface area (Å²) in [4.78, 5) is 15.6. The fourth-order valence-electron chi connectivity index (χ4n) is 3.46. The summed E-state index contributed by atoms with van der Waals surface area (Å²) < 4.78 is 17.5. The summed E-state index contributed by atoms with van der Waals surface area (Å²) in [6.07, 6.45) is 1.51. The smallest absolute Gasteiger partial charge is 0.349 e. The Morgan fingerprint density at radius 3 is 2.58 bits per heavy atom. The zero-order valence-corrected chi connectivity index (χ0v) is 19.8. The van der Waals surface area contributed by atoms with Crippen molar-refractivity contribution >= 4 is 11.5 Å². The molecule has 2 heterocycles. The molecule has 2 aromatic carbocycles. The minimum atomic E-state index is -0.612. The second kappa shape index (κ2) is 11.1. The van der Waals surface area contributed by atoms with Gasteiger partial charge >= 0.3 is 5.69 Å². The Morgan fingerprint density at radius 2 is 1.92 bits per heavy atom. The van der Waals surface area contributed by atoms with Crippen LogP contribution in [0.1, 0.15) is 23.0 Å². The molecule has 0 saturated heterocycles. The van der Waals surface area contributed by atoms with E-state index in [1.54, 1.807) is 56.7 Å². The number of hydrogen-bond acceptors (Lipinski definition) is 9. The molecule has 0 radical (unpaired) electrons. The van der Waals surface area contributed by atoms with E-state index in [1.807, 2.05) is 12.1 Å². The van der Waals surface area contributed by atoms with E-state index in [-0.39, 0.29) is 11.7 Å². The molecule has 0 bridgehead atoms. The number of anilines is 1. The Labute approximate surface area is 206 Å². The average Bonchev–Trinajstić information content (AvgIpc) is 3.29. The number of hydrogen-bond donors (Lipinski definition) is 4. The second-order valence-corrected chi connectivity index (χ2v) is 7.66. The molecular formula is C24H26N8O4. The summed E-state index contributed by atoms with van der Waals surface area (Å²) in [6, 6.07) is 15.1. The van der Waals surface area contributed by atoms with Gasteiger partial charge in [0, 0.05) is 30.6 Å². The third-order valence-corrected chi connectivity index (χ3v) is 5.22. The SMILES string of the molecule is COCCOc1cc(OC)cc([C@H](Nc2ccc(C(=N)N)cc2)c2nn(-c3cccnn3)c(=O)[nH]2)c1. The van der Waals surface area contributed by atoms with Crippen LogP contribution in [0.2, 0.25) is 0 Å². The first-order valence-electron chi connectivity index (χ1n) is 11.0. The van der Waals surface area contributed by atoms with Gasteiger partial charge in [-0.15, -0.1) is 10.2 Å². The molecule has 186 valence electrons. The van der Waals surface area contributed by atoms with E-state index in [0.29, 0.717) is 41.8 Å². The number of ether oxygens (including phenoxy) is 3. The van der Waals surface area contributed by atoms with Gasteiger partial charge in [0.15, 0.2) is 11.6 Å². The maximum absolute atomic E-state index is 12.8. The van der Waals surface area contributed by atoms with Crippen LogP contribution in [0.5, 0.6) is 11.5 Å². The highest BCUT2D eigenvalue weighted by Crippen LogP contribution is 2.31. The van der Waals surface area contributed by atoms with Crippen LogP contribution in [0.4, 0.5) is 5.69 Å². The Balaban J connectivity index is 1.77. The molecule has 12 nitrogen and oxygen atoms in total. The number of nitrogen functional groups attached to an aromatic ring is 1. The van der Waals surface area contributed by atoms with Crippen LogP contribution in [0.15, 0.2) is 65.6 Å². The maximum Gasteiger partial charge on any atom is 0.349 e. The number of nitrogens with zero attached hydrogens (tertiary/aromatic N) is 4.